The Morgan fingerprint density at radius 1 is 1.30 bits per heavy atom. The number of hydrogen-bond acceptors (Lipinski definition) is 3. The average Bonchev–Trinajstić information content (AvgIpc) is 2.39. The maximum atomic E-state index is 12.9. The number of ether oxygens (including phenoxy) is 1. The van der Waals surface area contributed by atoms with Crippen molar-refractivity contribution in [3.05, 3.63) is 67.4 Å². The van der Waals surface area contributed by atoms with Gasteiger partial charge in [-0.1, -0.05) is 11.6 Å². The SMILES string of the molecule is O=[N+]([O-])c1ccc(Cl)c(COc2ccc(F)cc2Br)c1. The van der Waals surface area contributed by atoms with Crippen LogP contribution in [0.1, 0.15) is 5.56 Å². The summed E-state index contributed by atoms with van der Waals surface area (Å²) < 4.78 is 18.9. The molecule has 4 nitrogen and oxygen atoms in total. The van der Waals surface area contributed by atoms with Crippen molar-refractivity contribution in [3.63, 3.8) is 0 Å². The van der Waals surface area contributed by atoms with E-state index in [1.54, 1.807) is 0 Å². The van der Waals surface area contributed by atoms with Crippen LogP contribution in [0.3, 0.4) is 0 Å². The van der Waals surface area contributed by atoms with Crippen molar-refractivity contribution in [2.45, 2.75) is 6.61 Å². The Morgan fingerprint density at radius 3 is 2.70 bits per heavy atom. The smallest absolute Gasteiger partial charge is 0.269 e. The van der Waals surface area contributed by atoms with E-state index in [1.807, 2.05) is 0 Å². The number of nitro groups is 1. The van der Waals surface area contributed by atoms with Gasteiger partial charge in [0.2, 0.25) is 0 Å². The van der Waals surface area contributed by atoms with Gasteiger partial charge < -0.3 is 4.74 Å². The van der Waals surface area contributed by atoms with Crippen LogP contribution in [0.25, 0.3) is 0 Å². The first kappa shape index (κ1) is 14.7. The van der Waals surface area contributed by atoms with E-state index in [0.717, 1.165) is 0 Å². The fourth-order valence-electron chi connectivity index (χ4n) is 1.53. The average molecular weight is 361 g/mol. The Hall–Kier alpha value is -1.66. The lowest BCUT2D eigenvalue weighted by molar-refractivity contribution is -0.384. The van der Waals surface area contributed by atoms with Gasteiger partial charge >= 0.3 is 0 Å². The normalized spacial score (nSPS) is 10.3. The van der Waals surface area contributed by atoms with Gasteiger partial charge in [0.1, 0.15) is 18.2 Å². The van der Waals surface area contributed by atoms with E-state index >= 15 is 0 Å². The van der Waals surface area contributed by atoms with Crippen molar-refractivity contribution in [3.8, 4) is 5.75 Å². The van der Waals surface area contributed by atoms with Gasteiger partial charge in [0.25, 0.3) is 5.69 Å². The molecular weight excluding hydrogens is 353 g/mol. The minimum Gasteiger partial charge on any atom is -0.488 e. The topological polar surface area (TPSA) is 52.4 Å². The highest BCUT2D eigenvalue weighted by atomic mass is 79.9. The summed E-state index contributed by atoms with van der Waals surface area (Å²) in [5.41, 5.74) is 0.420. The Balaban J connectivity index is 2.18. The number of nitro benzene ring substituents is 1. The molecule has 2 rings (SSSR count). The molecule has 0 unspecified atom stereocenters. The molecule has 0 saturated heterocycles. The molecular formula is C13H8BrClFNO3. The molecule has 0 N–H and O–H groups in total. The summed E-state index contributed by atoms with van der Waals surface area (Å²) >= 11 is 9.13. The molecule has 0 aromatic heterocycles. The molecule has 20 heavy (non-hydrogen) atoms. The maximum Gasteiger partial charge on any atom is 0.269 e. The van der Waals surface area contributed by atoms with Crippen LogP contribution in [0.4, 0.5) is 10.1 Å². The van der Waals surface area contributed by atoms with Crippen LogP contribution < -0.4 is 4.74 Å². The van der Waals surface area contributed by atoms with Gasteiger partial charge in [0.05, 0.1) is 9.40 Å². The Labute approximate surface area is 127 Å². The van der Waals surface area contributed by atoms with Crippen molar-refractivity contribution < 1.29 is 14.1 Å². The van der Waals surface area contributed by atoms with Gasteiger partial charge in [-0.3, -0.25) is 10.1 Å². The van der Waals surface area contributed by atoms with Crippen molar-refractivity contribution >= 4 is 33.2 Å². The van der Waals surface area contributed by atoms with Crippen LogP contribution in [0, 0.1) is 15.9 Å². The standard InChI is InChI=1S/C13H8BrClFNO3/c14-11-6-9(16)1-4-13(11)20-7-8-5-10(17(18)19)2-3-12(8)15/h1-6H,7H2. The van der Waals surface area contributed by atoms with Crippen LogP contribution in [0.5, 0.6) is 5.75 Å². The largest absolute Gasteiger partial charge is 0.488 e. The predicted molar refractivity (Wildman–Crippen MR) is 76.5 cm³/mol. The molecule has 0 spiro atoms. The van der Waals surface area contributed by atoms with Crippen LogP contribution in [-0.4, -0.2) is 4.92 Å². The molecule has 0 amide bonds. The molecule has 0 heterocycles. The molecule has 0 saturated carbocycles. The quantitative estimate of drug-likeness (QED) is 0.585. The lowest BCUT2D eigenvalue weighted by Crippen LogP contribution is -1.99. The van der Waals surface area contributed by atoms with Gasteiger partial charge in [0, 0.05) is 22.7 Å². The van der Waals surface area contributed by atoms with Crippen LogP contribution in [0.2, 0.25) is 5.02 Å². The molecule has 2 aromatic rings. The number of benzene rings is 2. The van der Waals surface area contributed by atoms with Gasteiger partial charge in [-0.25, -0.2) is 4.39 Å². The highest BCUT2D eigenvalue weighted by Crippen LogP contribution is 2.28. The van der Waals surface area contributed by atoms with Crippen molar-refractivity contribution in [1.29, 1.82) is 0 Å². The minimum absolute atomic E-state index is 0.0464. The summed E-state index contributed by atoms with van der Waals surface area (Å²) in [6.45, 7) is 0.0464. The number of non-ortho nitro benzene ring substituents is 1. The Bertz CT molecular complexity index is 666. The van der Waals surface area contributed by atoms with Crippen LogP contribution in [-0.2, 0) is 6.61 Å². The fraction of sp³-hybridized carbons (Fsp3) is 0.0769. The Kier molecular flexibility index (Phi) is 4.57. The monoisotopic (exact) mass is 359 g/mol. The second kappa shape index (κ2) is 6.19. The zero-order valence-corrected chi connectivity index (χ0v) is 12.3. The second-order valence-electron chi connectivity index (χ2n) is 3.90. The summed E-state index contributed by atoms with van der Waals surface area (Å²) in [7, 11) is 0. The predicted octanol–water partition coefficient (Wildman–Crippen LogP) is 4.73. The van der Waals surface area contributed by atoms with Gasteiger partial charge in [-0.2, -0.15) is 0 Å². The molecule has 104 valence electrons. The number of nitrogens with zero attached hydrogens (tertiary/aromatic N) is 1. The molecule has 7 heteroatoms. The Morgan fingerprint density at radius 2 is 2.05 bits per heavy atom. The summed E-state index contributed by atoms with van der Waals surface area (Å²) in [5.74, 6) is 0.0339. The van der Waals surface area contributed by atoms with Crippen LogP contribution in [0.15, 0.2) is 40.9 Å². The van der Waals surface area contributed by atoms with E-state index in [-0.39, 0.29) is 12.3 Å². The first-order chi connectivity index (χ1) is 9.47. The number of hydrogen-bond donors (Lipinski definition) is 0. The molecule has 0 atom stereocenters. The third-order valence-corrected chi connectivity index (χ3v) is 3.51. The van der Waals surface area contributed by atoms with Crippen molar-refractivity contribution in [2.24, 2.45) is 0 Å². The van der Waals surface area contributed by atoms with E-state index in [9.17, 15) is 14.5 Å². The number of rotatable bonds is 4. The molecule has 0 fully saturated rings. The molecule has 0 bridgehead atoms. The molecule has 0 aliphatic heterocycles. The van der Waals surface area contributed by atoms with Crippen LogP contribution >= 0.6 is 27.5 Å². The summed E-state index contributed by atoms with van der Waals surface area (Å²) in [6, 6.07) is 8.10. The highest BCUT2D eigenvalue weighted by Gasteiger charge is 2.11. The van der Waals surface area contributed by atoms with E-state index in [2.05, 4.69) is 15.9 Å². The zero-order chi connectivity index (χ0) is 14.7. The van der Waals surface area contributed by atoms with E-state index < -0.39 is 10.7 Å². The zero-order valence-electron chi connectivity index (χ0n) is 9.98. The first-order valence-electron chi connectivity index (χ1n) is 5.48. The van der Waals surface area contributed by atoms with Crippen molar-refractivity contribution in [2.75, 3.05) is 0 Å². The maximum absolute atomic E-state index is 12.9. The fourth-order valence-corrected chi connectivity index (χ4v) is 2.17. The highest BCUT2D eigenvalue weighted by molar-refractivity contribution is 9.10. The van der Waals surface area contributed by atoms with Gasteiger partial charge in [-0.05, 0) is 40.2 Å². The summed E-state index contributed by atoms with van der Waals surface area (Å²) in [4.78, 5) is 10.2. The molecule has 2 aromatic carbocycles. The summed E-state index contributed by atoms with van der Waals surface area (Å²) in [6.07, 6.45) is 0. The minimum atomic E-state index is -0.506. The second-order valence-corrected chi connectivity index (χ2v) is 5.16. The van der Waals surface area contributed by atoms with Crippen molar-refractivity contribution in [1.82, 2.24) is 0 Å². The number of halogens is 3. The third-order valence-electron chi connectivity index (χ3n) is 2.52. The third kappa shape index (κ3) is 3.46. The first-order valence-corrected chi connectivity index (χ1v) is 6.65. The van der Waals surface area contributed by atoms with E-state index in [1.165, 1.54) is 36.4 Å². The lowest BCUT2D eigenvalue weighted by atomic mass is 10.2. The van der Waals surface area contributed by atoms with E-state index in [0.29, 0.717) is 20.8 Å². The summed E-state index contributed by atoms with van der Waals surface area (Å²) in [5, 5.41) is 11.1. The molecule has 0 aliphatic rings. The van der Waals surface area contributed by atoms with E-state index in [4.69, 9.17) is 16.3 Å². The lowest BCUT2D eigenvalue weighted by Gasteiger charge is -2.09. The van der Waals surface area contributed by atoms with Gasteiger partial charge in [0.15, 0.2) is 0 Å². The van der Waals surface area contributed by atoms with Gasteiger partial charge in [-0.15, -0.1) is 0 Å². The molecule has 0 aliphatic carbocycles. The molecule has 0 radical (unpaired) electrons.